The van der Waals surface area contributed by atoms with Gasteiger partial charge in [-0.05, 0) is 32.1 Å². The van der Waals surface area contributed by atoms with Gasteiger partial charge in [-0.3, -0.25) is 20.0 Å². The van der Waals surface area contributed by atoms with Crippen molar-refractivity contribution >= 4 is 17.8 Å². The van der Waals surface area contributed by atoms with Gasteiger partial charge in [0, 0.05) is 24.3 Å². The molecule has 22 heavy (non-hydrogen) atoms. The zero-order valence-corrected chi connectivity index (χ0v) is 12.1. The van der Waals surface area contributed by atoms with E-state index in [1.165, 1.54) is 0 Å². The number of carbonyl (C=O) groups excluding carboxylic acids is 3. The molecule has 0 aromatic carbocycles. The normalized spacial score (nSPS) is 22.6. The van der Waals surface area contributed by atoms with E-state index in [4.69, 9.17) is 0 Å². The fourth-order valence-corrected chi connectivity index (χ4v) is 3.62. The number of aromatic nitrogens is 2. The molecule has 3 aliphatic rings. The average Bonchev–Trinajstić information content (AvgIpc) is 3.15. The SMILES string of the molecule is O=C1NC(=O)C2(CCN(C(=O)c3n[nH]c4c3CCC4)CC2)N1. The minimum Gasteiger partial charge on any atom is -0.337 e. The van der Waals surface area contributed by atoms with Crippen LogP contribution in [0.3, 0.4) is 0 Å². The summed E-state index contributed by atoms with van der Waals surface area (Å²) in [5, 5.41) is 12.1. The van der Waals surface area contributed by atoms with Crippen LogP contribution in [0.1, 0.15) is 41.0 Å². The van der Waals surface area contributed by atoms with Gasteiger partial charge in [0.25, 0.3) is 11.8 Å². The Bertz CT molecular complexity index is 672. The zero-order chi connectivity index (χ0) is 15.3. The van der Waals surface area contributed by atoms with Crippen molar-refractivity contribution in [1.82, 2.24) is 25.7 Å². The van der Waals surface area contributed by atoms with Crippen LogP contribution in [0.5, 0.6) is 0 Å². The Morgan fingerprint density at radius 2 is 1.95 bits per heavy atom. The number of hydrogen-bond donors (Lipinski definition) is 3. The molecule has 1 spiro atoms. The van der Waals surface area contributed by atoms with Crippen molar-refractivity contribution in [3.63, 3.8) is 0 Å². The minimum atomic E-state index is -0.846. The summed E-state index contributed by atoms with van der Waals surface area (Å²) in [5.74, 6) is -0.371. The van der Waals surface area contributed by atoms with Crippen LogP contribution in [-0.4, -0.2) is 51.6 Å². The monoisotopic (exact) mass is 303 g/mol. The van der Waals surface area contributed by atoms with Crippen LogP contribution in [0.25, 0.3) is 0 Å². The maximum absolute atomic E-state index is 12.6. The van der Waals surface area contributed by atoms with E-state index in [9.17, 15) is 14.4 Å². The van der Waals surface area contributed by atoms with Gasteiger partial charge in [-0.25, -0.2) is 4.79 Å². The molecule has 2 saturated heterocycles. The van der Waals surface area contributed by atoms with Crippen LogP contribution in [0.2, 0.25) is 0 Å². The predicted molar refractivity (Wildman–Crippen MR) is 75.2 cm³/mol. The Kier molecular flexibility index (Phi) is 2.75. The number of nitrogens with one attached hydrogen (secondary N) is 3. The quantitative estimate of drug-likeness (QED) is 0.620. The first-order chi connectivity index (χ1) is 10.6. The summed E-state index contributed by atoms with van der Waals surface area (Å²) in [6.07, 6.45) is 3.76. The van der Waals surface area contributed by atoms with Gasteiger partial charge in [0.15, 0.2) is 5.69 Å². The first kappa shape index (κ1) is 13.3. The Balaban J connectivity index is 1.48. The van der Waals surface area contributed by atoms with Gasteiger partial charge in [-0.15, -0.1) is 0 Å². The van der Waals surface area contributed by atoms with Crippen molar-refractivity contribution in [2.45, 2.75) is 37.6 Å². The second kappa shape index (κ2) is 4.56. The number of rotatable bonds is 1. The van der Waals surface area contributed by atoms with Crippen molar-refractivity contribution in [1.29, 1.82) is 0 Å². The second-order valence-electron chi connectivity index (χ2n) is 6.17. The lowest BCUT2D eigenvalue weighted by molar-refractivity contribution is -0.125. The Morgan fingerprint density at radius 3 is 2.64 bits per heavy atom. The summed E-state index contributed by atoms with van der Waals surface area (Å²) in [6.45, 7) is 0.877. The lowest BCUT2D eigenvalue weighted by Gasteiger charge is -2.36. The Hall–Kier alpha value is -2.38. The van der Waals surface area contributed by atoms with Gasteiger partial charge in [0.05, 0.1) is 0 Å². The van der Waals surface area contributed by atoms with Crippen molar-refractivity contribution in [2.24, 2.45) is 0 Å². The molecule has 1 aliphatic carbocycles. The molecule has 8 nitrogen and oxygen atoms in total. The highest BCUT2D eigenvalue weighted by Gasteiger charge is 2.48. The van der Waals surface area contributed by atoms with E-state index < -0.39 is 11.6 Å². The average molecular weight is 303 g/mol. The molecule has 4 amide bonds. The molecule has 8 heteroatoms. The number of aryl methyl sites for hydroxylation is 1. The smallest absolute Gasteiger partial charge is 0.322 e. The zero-order valence-electron chi connectivity index (χ0n) is 12.1. The lowest BCUT2D eigenvalue weighted by Crippen LogP contribution is -2.55. The van der Waals surface area contributed by atoms with Crippen molar-refractivity contribution < 1.29 is 14.4 Å². The van der Waals surface area contributed by atoms with E-state index >= 15 is 0 Å². The third kappa shape index (κ3) is 1.83. The number of imide groups is 1. The summed E-state index contributed by atoms with van der Waals surface area (Å²) in [4.78, 5) is 37.6. The second-order valence-corrected chi connectivity index (χ2v) is 6.17. The first-order valence-corrected chi connectivity index (χ1v) is 7.58. The molecular weight excluding hydrogens is 286 g/mol. The van der Waals surface area contributed by atoms with Crippen LogP contribution in [0.4, 0.5) is 4.79 Å². The molecule has 0 unspecified atom stereocenters. The Labute approximate surface area is 126 Å². The van der Waals surface area contributed by atoms with E-state index in [-0.39, 0.29) is 11.8 Å². The molecule has 4 rings (SSSR count). The van der Waals surface area contributed by atoms with Gasteiger partial charge in [0.2, 0.25) is 0 Å². The van der Waals surface area contributed by atoms with Crippen molar-refractivity contribution in [3.8, 4) is 0 Å². The number of likely N-dealkylation sites (tertiary alicyclic amines) is 1. The number of amides is 4. The lowest BCUT2D eigenvalue weighted by atomic mass is 9.87. The van der Waals surface area contributed by atoms with Crippen molar-refractivity contribution in [3.05, 3.63) is 17.0 Å². The van der Waals surface area contributed by atoms with E-state index in [2.05, 4.69) is 20.8 Å². The number of urea groups is 1. The fourth-order valence-electron chi connectivity index (χ4n) is 3.62. The van der Waals surface area contributed by atoms with Gasteiger partial charge >= 0.3 is 6.03 Å². The van der Waals surface area contributed by atoms with Gasteiger partial charge in [-0.2, -0.15) is 5.10 Å². The van der Waals surface area contributed by atoms with Gasteiger partial charge < -0.3 is 10.2 Å². The third-order valence-electron chi connectivity index (χ3n) is 4.93. The number of piperidine rings is 1. The first-order valence-electron chi connectivity index (χ1n) is 7.58. The molecule has 1 aromatic rings. The van der Waals surface area contributed by atoms with E-state index in [1.807, 2.05) is 0 Å². The molecule has 1 aromatic heterocycles. The number of hydrogen-bond acceptors (Lipinski definition) is 4. The molecule has 0 radical (unpaired) electrons. The molecule has 3 heterocycles. The molecule has 116 valence electrons. The van der Waals surface area contributed by atoms with Crippen LogP contribution in [0.15, 0.2) is 0 Å². The summed E-state index contributed by atoms with van der Waals surface area (Å²) in [5.41, 5.74) is 1.78. The number of carbonyl (C=O) groups is 3. The van der Waals surface area contributed by atoms with Gasteiger partial charge in [-0.1, -0.05) is 0 Å². The highest BCUT2D eigenvalue weighted by molar-refractivity contribution is 6.07. The van der Waals surface area contributed by atoms with E-state index in [0.717, 1.165) is 30.5 Å². The molecule has 0 bridgehead atoms. The molecule has 0 atom stereocenters. The molecule has 0 saturated carbocycles. The predicted octanol–water partition coefficient (Wildman–Crippen LogP) is -0.287. The third-order valence-corrected chi connectivity index (χ3v) is 4.93. The summed E-state index contributed by atoms with van der Waals surface area (Å²) in [7, 11) is 0. The summed E-state index contributed by atoms with van der Waals surface area (Å²) >= 11 is 0. The highest BCUT2D eigenvalue weighted by atomic mass is 16.2. The Morgan fingerprint density at radius 1 is 1.18 bits per heavy atom. The number of nitrogens with zero attached hydrogens (tertiary/aromatic N) is 2. The number of fused-ring (bicyclic) bond motifs is 1. The maximum atomic E-state index is 12.6. The highest BCUT2D eigenvalue weighted by Crippen LogP contribution is 2.28. The molecule has 3 N–H and O–H groups in total. The van der Waals surface area contributed by atoms with Crippen molar-refractivity contribution in [2.75, 3.05) is 13.1 Å². The molecular formula is C14H17N5O3. The summed E-state index contributed by atoms with van der Waals surface area (Å²) in [6, 6.07) is -0.449. The van der Waals surface area contributed by atoms with Gasteiger partial charge in [0.1, 0.15) is 5.54 Å². The molecule has 2 fully saturated rings. The van der Waals surface area contributed by atoms with E-state index in [1.54, 1.807) is 4.90 Å². The fraction of sp³-hybridized carbons (Fsp3) is 0.571. The molecule has 2 aliphatic heterocycles. The number of aromatic amines is 1. The number of H-pyrrole nitrogens is 1. The van der Waals surface area contributed by atoms with Crippen LogP contribution in [0, 0.1) is 0 Å². The van der Waals surface area contributed by atoms with Crippen LogP contribution in [-0.2, 0) is 17.6 Å². The standard InChI is InChI=1S/C14H17N5O3/c20-11(10-8-2-1-3-9(8)17-18-10)19-6-4-14(5-7-19)12(21)15-13(22)16-14/h1-7H2,(H,17,18)(H2,15,16,21,22). The topological polar surface area (TPSA) is 107 Å². The maximum Gasteiger partial charge on any atom is 0.322 e. The van der Waals surface area contributed by atoms with E-state index in [0.29, 0.717) is 31.6 Å². The summed E-state index contributed by atoms with van der Waals surface area (Å²) < 4.78 is 0. The largest absolute Gasteiger partial charge is 0.337 e. The minimum absolute atomic E-state index is 0.0843. The van der Waals surface area contributed by atoms with Crippen LogP contribution < -0.4 is 10.6 Å². The van der Waals surface area contributed by atoms with Crippen LogP contribution >= 0.6 is 0 Å².